The first kappa shape index (κ1) is 11.0. The Balaban J connectivity index is 3.09. The lowest BCUT2D eigenvalue weighted by Gasteiger charge is -2.09. The van der Waals surface area contributed by atoms with Crippen LogP contribution in [0.15, 0.2) is 12.3 Å². The molecular formula is C7H7BCl3NO. The van der Waals surface area contributed by atoms with Crippen molar-refractivity contribution in [2.45, 2.75) is 3.79 Å². The maximum Gasteiger partial charge on any atom is 0.255 e. The van der Waals surface area contributed by atoms with Crippen LogP contribution in [-0.4, -0.2) is 22.0 Å². The van der Waals surface area contributed by atoms with Gasteiger partial charge in [-0.05, 0) is 12.3 Å². The number of halogens is 3. The highest BCUT2D eigenvalue weighted by atomic mass is 35.6. The molecule has 0 amide bonds. The van der Waals surface area contributed by atoms with Gasteiger partial charge >= 0.3 is 0 Å². The zero-order valence-electron chi connectivity index (χ0n) is 7.14. The van der Waals surface area contributed by atoms with Gasteiger partial charge in [-0.1, -0.05) is 40.3 Å². The molecule has 0 N–H and O–H groups in total. The number of alkyl halides is 3. The first-order valence-electron chi connectivity index (χ1n) is 3.57. The van der Waals surface area contributed by atoms with E-state index in [2.05, 4.69) is 0 Å². The second-order valence-electron chi connectivity index (χ2n) is 2.84. The van der Waals surface area contributed by atoms with E-state index in [1.54, 1.807) is 23.9 Å². The normalized spacial score (nSPS) is 11.7. The predicted molar refractivity (Wildman–Crippen MR) is 58.2 cm³/mol. The summed E-state index contributed by atoms with van der Waals surface area (Å²) in [6.07, 6.45) is 1.80. The Kier molecular flexibility index (Phi) is 3.00. The average Bonchev–Trinajstić information content (AvgIpc) is 2.26. The van der Waals surface area contributed by atoms with Gasteiger partial charge < -0.3 is 4.57 Å². The van der Waals surface area contributed by atoms with Gasteiger partial charge in [0.05, 0.1) is 5.69 Å². The van der Waals surface area contributed by atoms with Crippen molar-refractivity contribution in [3.63, 3.8) is 0 Å². The summed E-state index contributed by atoms with van der Waals surface area (Å²) in [4.78, 5) is 11.5. The number of carbonyl (C=O) groups is 1. The molecule has 1 aromatic rings. The number of ketones is 1. The number of aromatic nitrogens is 1. The third kappa shape index (κ3) is 2.42. The highest BCUT2D eigenvalue weighted by molar-refractivity contribution is 6.77. The Morgan fingerprint density at radius 3 is 2.38 bits per heavy atom. The Bertz CT molecular complexity index is 342. The number of hydrogen-bond acceptors (Lipinski definition) is 1. The quantitative estimate of drug-likeness (QED) is 0.404. The van der Waals surface area contributed by atoms with Crippen LogP contribution in [0.5, 0.6) is 0 Å². The van der Waals surface area contributed by atoms with E-state index in [4.69, 9.17) is 34.8 Å². The predicted octanol–water partition coefficient (Wildman–Crippen LogP) is 0.836. The van der Waals surface area contributed by atoms with Gasteiger partial charge in [0.15, 0.2) is 0 Å². The molecule has 0 unspecified atom stereocenters. The topological polar surface area (TPSA) is 22.0 Å². The van der Waals surface area contributed by atoms with Crippen LogP contribution >= 0.6 is 34.8 Å². The molecule has 1 heterocycles. The molecule has 0 aromatic carbocycles. The molecule has 0 saturated heterocycles. The third-order valence-electron chi connectivity index (χ3n) is 1.63. The molecular weight excluding hydrogens is 231 g/mol. The molecule has 13 heavy (non-hydrogen) atoms. The van der Waals surface area contributed by atoms with E-state index in [9.17, 15) is 4.79 Å². The fraction of sp³-hybridized carbons (Fsp3) is 0.286. The number of aryl methyl sites for hydroxylation is 1. The van der Waals surface area contributed by atoms with Crippen molar-refractivity contribution in [3.05, 3.63) is 18.0 Å². The minimum atomic E-state index is -1.88. The number of rotatable bonds is 1. The summed E-state index contributed by atoms with van der Waals surface area (Å²) in [5.74, 6) is -0.506. The molecule has 0 aliphatic carbocycles. The molecule has 0 saturated carbocycles. The van der Waals surface area contributed by atoms with E-state index in [1.807, 2.05) is 7.85 Å². The van der Waals surface area contributed by atoms with Gasteiger partial charge in [-0.3, -0.25) is 4.79 Å². The molecule has 0 fully saturated rings. The molecule has 0 aliphatic heterocycles. The van der Waals surface area contributed by atoms with E-state index in [0.717, 1.165) is 5.46 Å². The molecule has 2 nitrogen and oxygen atoms in total. The summed E-state index contributed by atoms with van der Waals surface area (Å²) in [5.41, 5.74) is 1.36. The highest BCUT2D eigenvalue weighted by Gasteiger charge is 2.33. The molecule has 70 valence electrons. The summed E-state index contributed by atoms with van der Waals surface area (Å²) in [5, 5.41) is 0. The number of nitrogens with zero attached hydrogens (tertiary/aromatic N) is 1. The van der Waals surface area contributed by atoms with Gasteiger partial charge in [-0.2, -0.15) is 0 Å². The summed E-state index contributed by atoms with van der Waals surface area (Å²) < 4.78 is -0.238. The Morgan fingerprint density at radius 2 is 2.08 bits per heavy atom. The number of Topliss-reactive ketones (excluding diaryl/α,β-unsaturated/α-hetero) is 1. The minimum absolute atomic E-state index is 0.400. The van der Waals surface area contributed by atoms with Crippen molar-refractivity contribution in [2.24, 2.45) is 7.05 Å². The Labute approximate surface area is 92.2 Å². The lowest BCUT2D eigenvalue weighted by atomic mass is 10.0. The van der Waals surface area contributed by atoms with E-state index >= 15 is 0 Å². The van der Waals surface area contributed by atoms with Crippen LogP contribution in [0.3, 0.4) is 0 Å². The Hall–Kier alpha value is -0.115. The number of carbonyl (C=O) groups excluding carboxylic acids is 1. The smallest absolute Gasteiger partial charge is 0.255 e. The largest absolute Gasteiger partial charge is 0.349 e. The minimum Gasteiger partial charge on any atom is -0.349 e. The monoisotopic (exact) mass is 237 g/mol. The molecule has 0 aliphatic rings. The highest BCUT2D eigenvalue weighted by Crippen LogP contribution is 2.30. The fourth-order valence-corrected chi connectivity index (χ4v) is 1.39. The van der Waals surface area contributed by atoms with Gasteiger partial charge in [0.2, 0.25) is 5.78 Å². The summed E-state index contributed by atoms with van der Waals surface area (Å²) in [6, 6.07) is 1.68. The zero-order chi connectivity index (χ0) is 10.2. The van der Waals surface area contributed by atoms with Crippen molar-refractivity contribution < 1.29 is 4.79 Å². The fourth-order valence-electron chi connectivity index (χ4n) is 1.10. The van der Waals surface area contributed by atoms with Gasteiger partial charge in [0.1, 0.15) is 7.85 Å². The maximum absolute atomic E-state index is 11.5. The summed E-state index contributed by atoms with van der Waals surface area (Å²) >= 11 is 16.4. The molecule has 1 rings (SSSR count). The lowest BCUT2D eigenvalue weighted by Crippen LogP contribution is -2.21. The van der Waals surface area contributed by atoms with Crippen LogP contribution in [0.1, 0.15) is 10.5 Å². The van der Waals surface area contributed by atoms with Crippen molar-refractivity contribution in [1.82, 2.24) is 4.57 Å². The summed E-state index contributed by atoms with van der Waals surface area (Å²) in [7, 11) is 3.60. The SMILES string of the molecule is Bc1cc(C(=O)C(Cl)(Cl)Cl)n(C)c1. The van der Waals surface area contributed by atoms with Gasteiger partial charge in [0.25, 0.3) is 3.79 Å². The van der Waals surface area contributed by atoms with Gasteiger partial charge in [0, 0.05) is 7.05 Å². The van der Waals surface area contributed by atoms with Crippen LogP contribution in [0.2, 0.25) is 0 Å². The van der Waals surface area contributed by atoms with Crippen LogP contribution in [-0.2, 0) is 7.05 Å². The Morgan fingerprint density at radius 1 is 1.54 bits per heavy atom. The van der Waals surface area contributed by atoms with E-state index < -0.39 is 9.58 Å². The standard InChI is InChI=1S/C7H7BCl3NO/c1-12-3-4(8)2-5(12)6(13)7(9,10)11/h2-3H,8H2,1H3. The van der Waals surface area contributed by atoms with Crippen molar-refractivity contribution in [2.75, 3.05) is 0 Å². The molecule has 6 heteroatoms. The molecule has 0 bridgehead atoms. The van der Waals surface area contributed by atoms with E-state index in [0.29, 0.717) is 5.69 Å². The molecule has 0 radical (unpaired) electrons. The van der Waals surface area contributed by atoms with Crippen molar-refractivity contribution >= 4 is 53.9 Å². The van der Waals surface area contributed by atoms with Crippen molar-refractivity contribution in [1.29, 1.82) is 0 Å². The second-order valence-corrected chi connectivity index (χ2v) is 5.12. The number of hydrogen-bond donors (Lipinski definition) is 0. The van der Waals surface area contributed by atoms with Crippen LogP contribution in [0, 0.1) is 0 Å². The van der Waals surface area contributed by atoms with Crippen LogP contribution < -0.4 is 5.46 Å². The van der Waals surface area contributed by atoms with Gasteiger partial charge in [-0.15, -0.1) is 0 Å². The van der Waals surface area contributed by atoms with Crippen LogP contribution in [0.25, 0.3) is 0 Å². The van der Waals surface area contributed by atoms with Crippen LogP contribution in [0.4, 0.5) is 0 Å². The molecule has 0 atom stereocenters. The van der Waals surface area contributed by atoms with E-state index in [1.165, 1.54) is 0 Å². The van der Waals surface area contributed by atoms with Gasteiger partial charge in [-0.25, -0.2) is 0 Å². The zero-order valence-corrected chi connectivity index (χ0v) is 9.41. The lowest BCUT2D eigenvalue weighted by molar-refractivity contribution is 0.0988. The summed E-state index contributed by atoms with van der Waals surface area (Å²) in [6.45, 7) is 0. The molecule has 1 aromatic heterocycles. The van der Waals surface area contributed by atoms with Crippen molar-refractivity contribution in [3.8, 4) is 0 Å². The first-order valence-corrected chi connectivity index (χ1v) is 4.70. The maximum atomic E-state index is 11.5. The van der Waals surface area contributed by atoms with E-state index in [-0.39, 0.29) is 0 Å². The third-order valence-corrected chi connectivity index (χ3v) is 2.15. The second kappa shape index (κ2) is 3.56. The molecule has 0 spiro atoms. The first-order chi connectivity index (χ1) is 5.82. The average molecular weight is 238 g/mol.